The van der Waals surface area contributed by atoms with E-state index in [1.165, 1.54) is 19.3 Å². The van der Waals surface area contributed by atoms with Crippen LogP contribution in [0.4, 0.5) is 4.39 Å². The second-order valence-corrected chi connectivity index (χ2v) is 5.60. The van der Waals surface area contributed by atoms with Crippen molar-refractivity contribution in [3.05, 3.63) is 35.6 Å². The van der Waals surface area contributed by atoms with Crippen molar-refractivity contribution in [1.29, 1.82) is 0 Å². The fourth-order valence-electron chi connectivity index (χ4n) is 3.42. The first kappa shape index (κ1) is 15.5. The molecule has 0 amide bonds. The Bertz CT molecular complexity index is 392. The molecule has 0 bridgehead atoms. The molecule has 1 atom stereocenters. The van der Waals surface area contributed by atoms with Gasteiger partial charge < -0.3 is 10.1 Å². The lowest BCUT2D eigenvalue weighted by Crippen LogP contribution is -2.47. The minimum Gasteiger partial charge on any atom is -0.373 e. The molecule has 1 aliphatic carbocycles. The molecule has 0 radical (unpaired) electrons. The molecule has 1 aromatic rings. The Morgan fingerprint density at radius 3 is 2.35 bits per heavy atom. The highest BCUT2D eigenvalue weighted by atomic mass is 19.1. The molecular formula is C17H26FNO. The van der Waals surface area contributed by atoms with Gasteiger partial charge in [-0.15, -0.1) is 0 Å². The summed E-state index contributed by atoms with van der Waals surface area (Å²) in [4.78, 5) is 0. The summed E-state index contributed by atoms with van der Waals surface area (Å²) in [7, 11) is 0. The van der Waals surface area contributed by atoms with Crippen LogP contribution in [0.15, 0.2) is 24.3 Å². The number of hydrogen-bond acceptors (Lipinski definition) is 2. The van der Waals surface area contributed by atoms with Gasteiger partial charge in [-0.25, -0.2) is 4.39 Å². The smallest absolute Gasteiger partial charge is 0.123 e. The number of rotatable bonds is 6. The lowest BCUT2D eigenvalue weighted by atomic mass is 9.76. The van der Waals surface area contributed by atoms with Gasteiger partial charge in [0.25, 0.3) is 0 Å². The van der Waals surface area contributed by atoms with E-state index in [4.69, 9.17) is 4.74 Å². The van der Waals surface area contributed by atoms with Crippen molar-refractivity contribution in [3.63, 3.8) is 0 Å². The van der Waals surface area contributed by atoms with Gasteiger partial charge in [0.1, 0.15) is 5.82 Å². The highest BCUT2D eigenvalue weighted by molar-refractivity contribution is 5.23. The number of ether oxygens (including phenoxy) is 1. The van der Waals surface area contributed by atoms with Gasteiger partial charge in [0.15, 0.2) is 0 Å². The monoisotopic (exact) mass is 279 g/mol. The maximum absolute atomic E-state index is 13.2. The predicted molar refractivity (Wildman–Crippen MR) is 80.3 cm³/mol. The molecule has 0 aliphatic heterocycles. The van der Waals surface area contributed by atoms with E-state index in [0.717, 1.165) is 31.6 Å². The SMILES string of the molecule is CCNC(c1ccc(F)cc1)C1(OCC)CCCCC1. The van der Waals surface area contributed by atoms with Crippen molar-refractivity contribution in [2.24, 2.45) is 0 Å². The average molecular weight is 279 g/mol. The molecule has 1 aromatic carbocycles. The van der Waals surface area contributed by atoms with Gasteiger partial charge in [0, 0.05) is 6.61 Å². The minimum absolute atomic E-state index is 0.138. The molecule has 20 heavy (non-hydrogen) atoms. The highest BCUT2D eigenvalue weighted by Crippen LogP contribution is 2.41. The molecule has 112 valence electrons. The molecule has 1 aliphatic rings. The van der Waals surface area contributed by atoms with E-state index in [1.54, 1.807) is 12.1 Å². The van der Waals surface area contributed by atoms with Crippen LogP contribution in [0.25, 0.3) is 0 Å². The molecule has 0 heterocycles. The lowest BCUT2D eigenvalue weighted by molar-refractivity contribution is -0.0910. The Hall–Kier alpha value is -0.930. The molecule has 0 aromatic heterocycles. The van der Waals surface area contributed by atoms with Gasteiger partial charge in [0.2, 0.25) is 0 Å². The fourth-order valence-corrected chi connectivity index (χ4v) is 3.42. The molecule has 0 saturated heterocycles. The van der Waals surface area contributed by atoms with Crippen LogP contribution in [0.1, 0.15) is 57.6 Å². The minimum atomic E-state index is -0.182. The van der Waals surface area contributed by atoms with Crippen LogP contribution in [0.2, 0.25) is 0 Å². The molecule has 0 spiro atoms. The van der Waals surface area contributed by atoms with E-state index in [-0.39, 0.29) is 17.5 Å². The molecule has 3 heteroatoms. The summed E-state index contributed by atoms with van der Waals surface area (Å²) in [6, 6.07) is 7.01. The van der Waals surface area contributed by atoms with Crippen molar-refractivity contribution in [2.75, 3.05) is 13.2 Å². The van der Waals surface area contributed by atoms with Gasteiger partial charge in [-0.2, -0.15) is 0 Å². The first-order chi connectivity index (χ1) is 9.72. The third-order valence-corrected chi connectivity index (χ3v) is 4.27. The van der Waals surface area contributed by atoms with Crippen molar-refractivity contribution < 1.29 is 9.13 Å². The van der Waals surface area contributed by atoms with E-state index in [9.17, 15) is 4.39 Å². The summed E-state index contributed by atoms with van der Waals surface area (Å²) in [5.41, 5.74) is 0.990. The third-order valence-electron chi connectivity index (χ3n) is 4.27. The zero-order valence-corrected chi connectivity index (χ0v) is 12.6. The topological polar surface area (TPSA) is 21.3 Å². The van der Waals surface area contributed by atoms with Crippen LogP contribution < -0.4 is 5.32 Å². The molecule has 2 nitrogen and oxygen atoms in total. The van der Waals surface area contributed by atoms with E-state index in [1.807, 2.05) is 12.1 Å². The Morgan fingerprint density at radius 1 is 1.15 bits per heavy atom. The molecule has 1 unspecified atom stereocenters. The summed E-state index contributed by atoms with van der Waals surface area (Å²) < 4.78 is 19.4. The van der Waals surface area contributed by atoms with Gasteiger partial charge in [-0.05, 0) is 44.0 Å². The zero-order valence-electron chi connectivity index (χ0n) is 12.6. The molecular weight excluding hydrogens is 253 g/mol. The van der Waals surface area contributed by atoms with Crippen LogP contribution >= 0.6 is 0 Å². The fraction of sp³-hybridized carbons (Fsp3) is 0.647. The van der Waals surface area contributed by atoms with Crippen LogP contribution in [0, 0.1) is 5.82 Å². The van der Waals surface area contributed by atoms with E-state index in [2.05, 4.69) is 19.2 Å². The standard InChI is InChI=1S/C17H26FNO/c1-3-19-16(14-8-10-15(18)11-9-14)17(20-4-2)12-6-5-7-13-17/h8-11,16,19H,3-7,12-13H2,1-2H3. The van der Waals surface area contributed by atoms with Crippen molar-refractivity contribution in [2.45, 2.75) is 57.6 Å². The highest BCUT2D eigenvalue weighted by Gasteiger charge is 2.41. The van der Waals surface area contributed by atoms with Crippen LogP contribution in [-0.4, -0.2) is 18.8 Å². The Labute approximate surface area is 121 Å². The Kier molecular flexibility index (Phi) is 5.55. The lowest BCUT2D eigenvalue weighted by Gasteiger charge is -2.44. The normalized spacial score (nSPS) is 19.8. The van der Waals surface area contributed by atoms with Gasteiger partial charge in [-0.3, -0.25) is 0 Å². The number of benzene rings is 1. The third kappa shape index (κ3) is 3.39. The van der Waals surface area contributed by atoms with Gasteiger partial charge in [-0.1, -0.05) is 38.3 Å². The quantitative estimate of drug-likeness (QED) is 0.842. The maximum Gasteiger partial charge on any atom is 0.123 e. The van der Waals surface area contributed by atoms with Crippen LogP contribution in [0.5, 0.6) is 0 Å². The number of hydrogen-bond donors (Lipinski definition) is 1. The van der Waals surface area contributed by atoms with E-state index in [0.29, 0.717) is 0 Å². The summed E-state index contributed by atoms with van der Waals surface area (Å²) in [6.07, 6.45) is 5.87. The molecule has 1 N–H and O–H groups in total. The average Bonchev–Trinajstić information content (AvgIpc) is 2.47. The largest absolute Gasteiger partial charge is 0.373 e. The van der Waals surface area contributed by atoms with Crippen molar-refractivity contribution >= 4 is 0 Å². The molecule has 1 fully saturated rings. The summed E-state index contributed by atoms with van der Waals surface area (Å²) in [5, 5.41) is 3.57. The summed E-state index contributed by atoms with van der Waals surface area (Å²) in [5.74, 6) is -0.182. The summed E-state index contributed by atoms with van der Waals surface area (Å²) >= 11 is 0. The van der Waals surface area contributed by atoms with Gasteiger partial charge in [0.05, 0.1) is 11.6 Å². The Balaban J connectivity index is 2.30. The number of halogens is 1. The van der Waals surface area contributed by atoms with Crippen molar-refractivity contribution in [1.82, 2.24) is 5.32 Å². The van der Waals surface area contributed by atoms with E-state index < -0.39 is 0 Å². The maximum atomic E-state index is 13.2. The van der Waals surface area contributed by atoms with Gasteiger partial charge >= 0.3 is 0 Å². The van der Waals surface area contributed by atoms with Crippen molar-refractivity contribution in [3.8, 4) is 0 Å². The molecule has 2 rings (SSSR count). The van der Waals surface area contributed by atoms with E-state index >= 15 is 0 Å². The second kappa shape index (κ2) is 7.19. The van der Waals surface area contributed by atoms with Crippen LogP contribution in [-0.2, 0) is 4.74 Å². The van der Waals surface area contributed by atoms with Crippen LogP contribution in [0.3, 0.4) is 0 Å². The number of nitrogens with one attached hydrogen (secondary N) is 1. The second-order valence-electron chi connectivity index (χ2n) is 5.60. The number of likely N-dealkylation sites (N-methyl/N-ethyl adjacent to an activating group) is 1. The predicted octanol–water partition coefficient (Wildman–Crippen LogP) is 4.22. The first-order valence-corrected chi connectivity index (χ1v) is 7.84. The zero-order chi connectivity index (χ0) is 14.4. The molecule has 1 saturated carbocycles. The Morgan fingerprint density at radius 2 is 1.80 bits per heavy atom. The first-order valence-electron chi connectivity index (χ1n) is 7.84. The summed E-state index contributed by atoms with van der Waals surface area (Å²) in [6.45, 7) is 5.78.